The standard InChI is InChI=1S/C14H16O6/c1-7-3-9(11-5-12(16)20-14(11)18)4-10(8(7)2)13(17)19-6-15/h3,6,8-11H,4-5H2,1-2H3. The summed E-state index contributed by atoms with van der Waals surface area (Å²) in [5.41, 5.74) is 0.946. The van der Waals surface area contributed by atoms with Crippen molar-refractivity contribution in [1.29, 1.82) is 0 Å². The predicted octanol–water partition coefficient (Wildman–Crippen LogP) is 0.994. The van der Waals surface area contributed by atoms with E-state index in [0.717, 1.165) is 5.57 Å². The largest absolute Gasteiger partial charge is 0.395 e. The van der Waals surface area contributed by atoms with Crippen LogP contribution in [-0.2, 0) is 28.7 Å². The number of carbonyl (C=O) groups is 4. The van der Waals surface area contributed by atoms with Gasteiger partial charge in [-0.3, -0.25) is 19.2 Å². The molecule has 20 heavy (non-hydrogen) atoms. The van der Waals surface area contributed by atoms with Gasteiger partial charge < -0.3 is 9.47 Å². The van der Waals surface area contributed by atoms with Gasteiger partial charge in [-0.15, -0.1) is 0 Å². The third-order valence-electron chi connectivity index (χ3n) is 4.21. The zero-order valence-electron chi connectivity index (χ0n) is 11.3. The van der Waals surface area contributed by atoms with Gasteiger partial charge in [0.15, 0.2) is 0 Å². The van der Waals surface area contributed by atoms with E-state index in [2.05, 4.69) is 9.47 Å². The average molecular weight is 280 g/mol. The summed E-state index contributed by atoms with van der Waals surface area (Å²) in [6.07, 6.45) is 2.33. The molecule has 1 aliphatic carbocycles. The molecular formula is C14H16O6. The summed E-state index contributed by atoms with van der Waals surface area (Å²) < 4.78 is 8.98. The summed E-state index contributed by atoms with van der Waals surface area (Å²) in [4.78, 5) is 44.9. The highest BCUT2D eigenvalue weighted by Crippen LogP contribution is 2.40. The molecule has 2 rings (SSSR count). The van der Waals surface area contributed by atoms with Crippen molar-refractivity contribution in [3.8, 4) is 0 Å². The quantitative estimate of drug-likeness (QED) is 0.332. The highest BCUT2D eigenvalue weighted by atomic mass is 16.6. The van der Waals surface area contributed by atoms with Crippen LogP contribution in [0.1, 0.15) is 26.7 Å². The van der Waals surface area contributed by atoms with Crippen molar-refractivity contribution < 1.29 is 28.7 Å². The lowest BCUT2D eigenvalue weighted by Crippen LogP contribution is -2.33. The van der Waals surface area contributed by atoms with Gasteiger partial charge in [-0.2, -0.15) is 0 Å². The fraction of sp³-hybridized carbons (Fsp3) is 0.571. The number of hydrogen-bond donors (Lipinski definition) is 0. The maximum absolute atomic E-state index is 11.8. The van der Waals surface area contributed by atoms with Crippen LogP contribution >= 0.6 is 0 Å². The first kappa shape index (κ1) is 14.4. The second kappa shape index (κ2) is 5.56. The molecular weight excluding hydrogens is 264 g/mol. The Bertz CT molecular complexity index is 492. The first-order valence-corrected chi connectivity index (χ1v) is 6.51. The molecule has 1 saturated heterocycles. The molecule has 0 radical (unpaired) electrons. The Balaban J connectivity index is 2.19. The van der Waals surface area contributed by atoms with Gasteiger partial charge in [-0.25, -0.2) is 0 Å². The molecule has 1 fully saturated rings. The zero-order valence-corrected chi connectivity index (χ0v) is 11.3. The van der Waals surface area contributed by atoms with Gasteiger partial charge in [0, 0.05) is 0 Å². The van der Waals surface area contributed by atoms with Gasteiger partial charge >= 0.3 is 24.4 Å². The van der Waals surface area contributed by atoms with Crippen LogP contribution in [0.15, 0.2) is 11.6 Å². The van der Waals surface area contributed by atoms with Crippen LogP contribution in [0.25, 0.3) is 0 Å². The lowest BCUT2D eigenvalue weighted by molar-refractivity contribution is -0.158. The number of cyclic esters (lactones) is 2. The second-order valence-corrected chi connectivity index (χ2v) is 5.34. The molecule has 4 atom stereocenters. The fourth-order valence-corrected chi connectivity index (χ4v) is 2.91. The SMILES string of the molecule is CC1=CC(C2CC(=O)OC2=O)CC(C(=O)OC=O)C1C. The molecule has 108 valence electrons. The molecule has 6 heteroatoms. The molecule has 1 aliphatic heterocycles. The summed E-state index contributed by atoms with van der Waals surface area (Å²) in [6, 6.07) is 0. The Labute approximate surface area is 116 Å². The molecule has 0 N–H and O–H groups in total. The van der Waals surface area contributed by atoms with Crippen molar-refractivity contribution in [3.63, 3.8) is 0 Å². The van der Waals surface area contributed by atoms with Crippen molar-refractivity contribution in [1.82, 2.24) is 0 Å². The summed E-state index contributed by atoms with van der Waals surface area (Å²) in [5, 5.41) is 0. The van der Waals surface area contributed by atoms with Crippen molar-refractivity contribution in [2.45, 2.75) is 26.7 Å². The Kier molecular flexibility index (Phi) is 4.01. The van der Waals surface area contributed by atoms with Gasteiger partial charge in [-0.1, -0.05) is 18.6 Å². The van der Waals surface area contributed by atoms with Gasteiger partial charge in [0.2, 0.25) is 0 Å². The maximum atomic E-state index is 11.8. The zero-order chi connectivity index (χ0) is 14.9. The number of esters is 3. The van der Waals surface area contributed by atoms with E-state index in [9.17, 15) is 19.2 Å². The van der Waals surface area contributed by atoms with Gasteiger partial charge in [0.1, 0.15) is 0 Å². The molecule has 1 heterocycles. The predicted molar refractivity (Wildman–Crippen MR) is 65.9 cm³/mol. The van der Waals surface area contributed by atoms with E-state index in [1.54, 1.807) is 0 Å². The van der Waals surface area contributed by atoms with Crippen molar-refractivity contribution >= 4 is 24.4 Å². The number of carbonyl (C=O) groups excluding carboxylic acids is 4. The van der Waals surface area contributed by atoms with Crippen LogP contribution < -0.4 is 0 Å². The molecule has 4 unspecified atom stereocenters. The number of allylic oxidation sites excluding steroid dienone is 2. The van der Waals surface area contributed by atoms with E-state index in [-0.39, 0.29) is 24.7 Å². The summed E-state index contributed by atoms with van der Waals surface area (Å²) in [7, 11) is 0. The molecule has 0 aromatic rings. The number of rotatable bonds is 3. The maximum Gasteiger partial charge on any atom is 0.317 e. The first-order valence-electron chi connectivity index (χ1n) is 6.51. The first-order chi connectivity index (χ1) is 9.43. The Morgan fingerprint density at radius 2 is 2.15 bits per heavy atom. The number of ether oxygens (including phenoxy) is 2. The Morgan fingerprint density at radius 3 is 2.70 bits per heavy atom. The lowest BCUT2D eigenvalue weighted by Gasteiger charge is -2.32. The summed E-state index contributed by atoms with van der Waals surface area (Å²) in [5.74, 6) is -3.00. The Hall–Kier alpha value is -1.98. The highest BCUT2D eigenvalue weighted by Gasteiger charge is 2.43. The monoisotopic (exact) mass is 280 g/mol. The third-order valence-corrected chi connectivity index (χ3v) is 4.21. The molecule has 0 bridgehead atoms. The van der Waals surface area contributed by atoms with Gasteiger partial charge in [0.25, 0.3) is 0 Å². The van der Waals surface area contributed by atoms with E-state index in [1.807, 2.05) is 19.9 Å². The van der Waals surface area contributed by atoms with Crippen LogP contribution in [0.5, 0.6) is 0 Å². The van der Waals surface area contributed by atoms with Crippen LogP contribution in [0, 0.1) is 23.7 Å². The van der Waals surface area contributed by atoms with Gasteiger partial charge in [0.05, 0.1) is 18.3 Å². The molecule has 0 saturated carbocycles. The van der Waals surface area contributed by atoms with E-state index in [4.69, 9.17) is 0 Å². The van der Waals surface area contributed by atoms with E-state index in [1.165, 1.54) is 0 Å². The van der Waals surface area contributed by atoms with Gasteiger partial charge in [-0.05, 0) is 25.2 Å². The van der Waals surface area contributed by atoms with Crippen LogP contribution in [0.3, 0.4) is 0 Å². The molecule has 0 aromatic heterocycles. The summed E-state index contributed by atoms with van der Waals surface area (Å²) in [6.45, 7) is 3.85. The van der Waals surface area contributed by atoms with Crippen molar-refractivity contribution in [2.75, 3.05) is 0 Å². The lowest BCUT2D eigenvalue weighted by atomic mass is 9.71. The average Bonchev–Trinajstić information content (AvgIpc) is 2.72. The minimum atomic E-state index is -0.595. The highest BCUT2D eigenvalue weighted by molar-refractivity contribution is 5.95. The van der Waals surface area contributed by atoms with E-state index in [0.29, 0.717) is 6.42 Å². The van der Waals surface area contributed by atoms with Crippen molar-refractivity contribution in [3.05, 3.63) is 11.6 Å². The smallest absolute Gasteiger partial charge is 0.317 e. The van der Waals surface area contributed by atoms with Crippen LogP contribution in [0.4, 0.5) is 0 Å². The molecule has 0 amide bonds. The normalized spacial score (nSPS) is 33.4. The van der Waals surface area contributed by atoms with E-state index < -0.39 is 29.7 Å². The summed E-state index contributed by atoms with van der Waals surface area (Å²) >= 11 is 0. The topological polar surface area (TPSA) is 86.7 Å². The fourth-order valence-electron chi connectivity index (χ4n) is 2.91. The number of hydrogen-bond acceptors (Lipinski definition) is 6. The van der Waals surface area contributed by atoms with Crippen LogP contribution in [0.2, 0.25) is 0 Å². The molecule has 6 nitrogen and oxygen atoms in total. The minimum absolute atomic E-state index is 0.0388. The van der Waals surface area contributed by atoms with Crippen molar-refractivity contribution in [2.24, 2.45) is 23.7 Å². The minimum Gasteiger partial charge on any atom is -0.395 e. The third kappa shape index (κ3) is 2.64. The van der Waals surface area contributed by atoms with E-state index >= 15 is 0 Å². The second-order valence-electron chi connectivity index (χ2n) is 5.34. The molecule has 0 aromatic carbocycles. The molecule has 0 spiro atoms. The Morgan fingerprint density at radius 1 is 1.45 bits per heavy atom. The molecule has 2 aliphatic rings. The van der Waals surface area contributed by atoms with Crippen LogP contribution in [-0.4, -0.2) is 24.4 Å².